The molecule has 2 N–H and O–H groups in total. The number of benzene rings is 1. The van der Waals surface area contributed by atoms with E-state index in [1.165, 1.54) is 0 Å². The molecule has 0 aliphatic heterocycles. The molecule has 0 saturated carbocycles. The lowest BCUT2D eigenvalue weighted by atomic mass is 10.2. The third kappa shape index (κ3) is 5.29. The number of anilines is 3. The third-order valence-corrected chi connectivity index (χ3v) is 3.25. The van der Waals surface area contributed by atoms with Crippen molar-refractivity contribution >= 4 is 23.1 Å². The lowest BCUT2D eigenvalue weighted by Gasteiger charge is -2.12. The predicted molar refractivity (Wildman–Crippen MR) is 93.3 cm³/mol. The SMILES string of the molecule is CCCCC(=O)Nc1ccc(Nc2ccccc2OCC)cn1. The molecule has 23 heavy (non-hydrogen) atoms. The van der Waals surface area contributed by atoms with Crippen molar-refractivity contribution in [2.24, 2.45) is 0 Å². The Bertz CT molecular complexity index is 626. The van der Waals surface area contributed by atoms with Crippen LogP contribution in [0.3, 0.4) is 0 Å². The lowest BCUT2D eigenvalue weighted by Crippen LogP contribution is -2.12. The predicted octanol–water partition coefficient (Wildman–Crippen LogP) is 4.35. The van der Waals surface area contributed by atoms with Gasteiger partial charge >= 0.3 is 0 Å². The molecule has 0 aliphatic rings. The molecular weight excluding hydrogens is 290 g/mol. The Balaban J connectivity index is 1.99. The van der Waals surface area contributed by atoms with Crippen LogP contribution in [0.25, 0.3) is 0 Å². The molecule has 0 spiro atoms. The van der Waals surface area contributed by atoms with Gasteiger partial charge in [-0.2, -0.15) is 0 Å². The molecule has 1 aromatic carbocycles. The van der Waals surface area contributed by atoms with Crippen molar-refractivity contribution in [1.29, 1.82) is 0 Å². The second kappa shape index (κ2) is 8.78. The van der Waals surface area contributed by atoms with E-state index in [2.05, 4.69) is 22.5 Å². The van der Waals surface area contributed by atoms with Crippen LogP contribution < -0.4 is 15.4 Å². The molecule has 1 amide bonds. The number of pyridine rings is 1. The molecule has 1 aromatic heterocycles. The number of aromatic nitrogens is 1. The van der Waals surface area contributed by atoms with Crippen LogP contribution in [0.15, 0.2) is 42.6 Å². The fourth-order valence-electron chi connectivity index (χ4n) is 2.09. The number of ether oxygens (including phenoxy) is 1. The molecule has 0 radical (unpaired) electrons. The molecule has 0 saturated heterocycles. The second-order valence-corrected chi connectivity index (χ2v) is 5.14. The largest absolute Gasteiger partial charge is 0.492 e. The minimum Gasteiger partial charge on any atom is -0.492 e. The van der Waals surface area contributed by atoms with Crippen LogP contribution >= 0.6 is 0 Å². The average Bonchev–Trinajstić information content (AvgIpc) is 2.57. The number of hydrogen-bond donors (Lipinski definition) is 2. The maximum atomic E-state index is 11.7. The van der Waals surface area contributed by atoms with Gasteiger partial charge < -0.3 is 15.4 Å². The van der Waals surface area contributed by atoms with Gasteiger partial charge in [0.1, 0.15) is 11.6 Å². The number of para-hydroxylation sites is 2. The van der Waals surface area contributed by atoms with E-state index < -0.39 is 0 Å². The van der Waals surface area contributed by atoms with E-state index in [-0.39, 0.29) is 5.91 Å². The summed E-state index contributed by atoms with van der Waals surface area (Å²) in [4.78, 5) is 15.9. The van der Waals surface area contributed by atoms with Gasteiger partial charge in [0.15, 0.2) is 0 Å². The normalized spacial score (nSPS) is 10.2. The molecule has 5 heteroatoms. The van der Waals surface area contributed by atoms with Crippen molar-refractivity contribution in [1.82, 2.24) is 4.98 Å². The number of hydrogen-bond acceptors (Lipinski definition) is 4. The highest BCUT2D eigenvalue weighted by Crippen LogP contribution is 2.27. The smallest absolute Gasteiger partial charge is 0.225 e. The van der Waals surface area contributed by atoms with Crippen LogP contribution in [0, 0.1) is 0 Å². The van der Waals surface area contributed by atoms with E-state index >= 15 is 0 Å². The van der Waals surface area contributed by atoms with Crippen LogP contribution in [-0.2, 0) is 4.79 Å². The average molecular weight is 313 g/mol. The van der Waals surface area contributed by atoms with Crippen molar-refractivity contribution in [2.75, 3.05) is 17.2 Å². The number of carbonyl (C=O) groups is 1. The number of unbranched alkanes of at least 4 members (excludes halogenated alkanes) is 1. The van der Waals surface area contributed by atoms with E-state index in [0.717, 1.165) is 30.0 Å². The number of nitrogens with one attached hydrogen (secondary N) is 2. The molecule has 0 bridgehead atoms. The maximum absolute atomic E-state index is 11.7. The first-order valence-electron chi connectivity index (χ1n) is 7.97. The van der Waals surface area contributed by atoms with Gasteiger partial charge in [-0.25, -0.2) is 4.98 Å². The van der Waals surface area contributed by atoms with Crippen molar-refractivity contribution < 1.29 is 9.53 Å². The summed E-state index contributed by atoms with van der Waals surface area (Å²) >= 11 is 0. The highest BCUT2D eigenvalue weighted by molar-refractivity contribution is 5.89. The monoisotopic (exact) mass is 313 g/mol. The quantitative estimate of drug-likeness (QED) is 0.760. The van der Waals surface area contributed by atoms with Gasteiger partial charge in [-0.05, 0) is 37.6 Å². The van der Waals surface area contributed by atoms with E-state index in [1.54, 1.807) is 12.3 Å². The zero-order valence-corrected chi connectivity index (χ0v) is 13.6. The fourth-order valence-corrected chi connectivity index (χ4v) is 2.09. The van der Waals surface area contributed by atoms with Crippen molar-refractivity contribution in [3.05, 3.63) is 42.6 Å². The molecule has 5 nitrogen and oxygen atoms in total. The van der Waals surface area contributed by atoms with Gasteiger partial charge in [-0.1, -0.05) is 25.5 Å². The standard InChI is InChI=1S/C18H23N3O2/c1-3-5-10-18(22)21-17-12-11-14(13-19-17)20-15-8-6-7-9-16(15)23-4-2/h6-9,11-13,20H,3-5,10H2,1-2H3,(H,19,21,22). The first-order valence-corrected chi connectivity index (χ1v) is 7.97. The summed E-state index contributed by atoms with van der Waals surface area (Å²) in [6, 6.07) is 11.4. The van der Waals surface area contributed by atoms with E-state index in [4.69, 9.17) is 4.74 Å². The van der Waals surface area contributed by atoms with E-state index in [1.807, 2.05) is 37.3 Å². The second-order valence-electron chi connectivity index (χ2n) is 5.14. The van der Waals surface area contributed by atoms with Gasteiger partial charge in [0.2, 0.25) is 5.91 Å². The van der Waals surface area contributed by atoms with E-state index in [0.29, 0.717) is 18.8 Å². The van der Waals surface area contributed by atoms with Gasteiger partial charge in [0.05, 0.1) is 24.2 Å². The van der Waals surface area contributed by atoms with Gasteiger partial charge in [-0.3, -0.25) is 4.79 Å². The van der Waals surface area contributed by atoms with E-state index in [9.17, 15) is 4.79 Å². The molecule has 1 heterocycles. The Morgan fingerprint density at radius 2 is 2.00 bits per heavy atom. The zero-order chi connectivity index (χ0) is 16.5. The summed E-state index contributed by atoms with van der Waals surface area (Å²) in [5, 5.41) is 6.07. The first kappa shape index (κ1) is 16.8. The van der Waals surface area contributed by atoms with Gasteiger partial charge in [-0.15, -0.1) is 0 Å². The Labute approximate surface area is 137 Å². The summed E-state index contributed by atoms with van der Waals surface area (Å²) in [7, 11) is 0. The van der Waals surface area contributed by atoms with Crippen molar-refractivity contribution in [2.45, 2.75) is 33.1 Å². The van der Waals surface area contributed by atoms with Crippen LogP contribution in [0.5, 0.6) is 5.75 Å². The highest BCUT2D eigenvalue weighted by Gasteiger charge is 2.05. The Morgan fingerprint density at radius 1 is 1.17 bits per heavy atom. The summed E-state index contributed by atoms with van der Waals surface area (Å²) in [6.07, 6.45) is 4.11. The minimum absolute atomic E-state index is 0.00162. The molecule has 0 unspecified atom stereocenters. The Hall–Kier alpha value is -2.56. The number of carbonyl (C=O) groups excluding carboxylic acids is 1. The van der Waals surface area contributed by atoms with Crippen LogP contribution in [0.2, 0.25) is 0 Å². The Morgan fingerprint density at radius 3 is 2.70 bits per heavy atom. The Kier molecular flexibility index (Phi) is 6.41. The lowest BCUT2D eigenvalue weighted by molar-refractivity contribution is -0.116. The van der Waals surface area contributed by atoms with Crippen LogP contribution in [0.4, 0.5) is 17.2 Å². The minimum atomic E-state index is 0.00162. The summed E-state index contributed by atoms with van der Waals surface area (Å²) in [5.41, 5.74) is 1.72. The molecule has 0 atom stereocenters. The molecule has 0 fully saturated rings. The topological polar surface area (TPSA) is 63.2 Å². The highest BCUT2D eigenvalue weighted by atomic mass is 16.5. The molecule has 2 aromatic rings. The third-order valence-electron chi connectivity index (χ3n) is 3.25. The number of amides is 1. The maximum Gasteiger partial charge on any atom is 0.225 e. The van der Waals surface area contributed by atoms with Crippen molar-refractivity contribution in [3.63, 3.8) is 0 Å². The van der Waals surface area contributed by atoms with Crippen LogP contribution in [0.1, 0.15) is 33.1 Å². The summed E-state index contributed by atoms with van der Waals surface area (Å²) < 4.78 is 5.58. The molecule has 0 aliphatic carbocycles. The molecule has 122 valence electrons. The van der Waals surface area contributed by atoms with Gasteiger partial charge in [0, 0.05) is 6.42 Å². The summed E-state index contributed by atoms with van der Waals surface area (Å²) in [6.45, 7) is 4.63. The summed E-state index contributed by atoms with van der Waals surface area (Å²) in [5.74, 6) is 1.36. The number of nitrogens with zero attached hydrogens (tertiary/aromatic N) is 1. The first-order chi connectivity index (χ1) is 11.2. The van der Waals surface area contributed by atoms with Crippen LogP contribution in [-0.4, -0.2) is 17.5 Å². The fraction of sp³-hybridized carbons (Fsp3) is 0.333. The van der Waals surface area contributed by atoms with Crippen molar-refractivity contribution in [3.8, 4) is 5.75 Å². The number of rotatable bonds is 8. The van der Waals surface area contributed by atoms with Gasteiger partial charge in [0.25, 0.3) is 0 Å². The zero-order valence-electron chi connectivity index (χ0n) is 13.6. The molecular formula is C18H23N3O2. The molecule has 2 rings (SSSR count).